The van der Waals surface area contributed by atoms with Gasteiger partial charge in [-0.25, -0.2) is 29.1 Å². The predicted octanol–water partition coefficient (Wildman–Crippen LogP) is 4.51. The number of halogens is 1. The third kappa shape index (κ3) is 7.06. The average Bonchev–Trinajstić information content (AvgIpc) is 3.45. The Kier molecular flexibility index (Phi) is 9.11. The van der Waals surface area contributed by atoms with Crippen LogP contribution in [-0.4, -0.2) is 83.2 Å². The van der Waals surface area contributed by atoms with Crippen molar-refractivity contribution >= 4 is 50.3 Å². The van der Waals surface area contributed by atoms with Gasteiger partial charge >= 0.3 is 6.09 Å². The van der Waals surface area contributed by atoms with Crippen molar-refractivity contribution in [3.63, 3.8) is 0 Å². The molecule has 47 heavy (non-hydrogen) atoms. The number of hydrogen-bond donors (Lipinski definition) is 3. The second-order valence-electron chi connectivity index (χ2n) is 11.3. The number of carbonyl (C=O) groups is 2. The Morgan fingerprint density at radius 1 is 1.13 bits per heavy atom. The van der Waals surface area contributed by atoms with Gasteiger partial charge in [-0.15, -0.1) is 11.3 Å². The molecular formula is C32H31FN6O7S. The zero-order valence-corrected chi connectivity index (χ0v) is 26.5. The normalized spacial score (nSPS) is 14.3. The summed E-state index contributed by atoms with van der Waals surface area (Å²) in [4.78, 5) is 42.6. The molecule has 2 aromatic carbocycles. The highest BCUT2D eigenvalue weighted by atomic mass is 32.1. The minimum Gasteiger partial charge on any atom is -0.487 e. The molecule has 1 atom stereocenters. The number of fused-ring (bicyclic) bond motifs is 2. The molecule has 1 aliphatic rings. The molecule has 15 heteroatoms. The Morgan fingerprint density at radius 3 is 2.66 bits per heavy atom. The van der Waals surface area contributed by atoms with Gasteiger partial charge < -0.3 is 29.4 Å². The van der Waals surface area contributed by atoms with Gasteiger partial charge in [-0.3, -0.25) is 10.1 Å². The molecule has 1 aliphatic heterocycles. The maximum absolute atomic E-state index is 15.0. The molecule has 0 aliphatic carbocycles. The minimum absolute atomic E-state index is 0.00463. The van der Waals surface area contributed by atoms with Crippen LogP contribution in [0, 0.1) is 18.2 Å². The molecule has 1 saturated heterocycles. The molecule has 3 N–H and O–H groups in total. The van der Waals surface area contributed by atoms with Gasteiger partial charge in [0.2, 0.25) is 5.88 Å². The molecule has 13 nitrogen and oxygen atoms in total. The van der Waals surface area contributed by atoms with Gasteiger partial charge in [-0.1, -0.05) is 0 Å². The lowest BCUT2D eigenvalue weighted by atomic mass is 9.87. The molecule has 3 aromatic heterocycles. The number of pyridine rings is 1. The highest BCUT2D eigenvalue weighted by Crippen LogP contribution is 2.37. The number of nitrogens with zero attached hydrogens (tertiary/aromatic N) is 4. The zero-order chi connectivity index (χ0) is 33.1. The van der Waals surface area contributed by atoms with Crippen LogP contribution >= 0.6 is 11.3 Å². The van der Waals surface area contributed by atoms with Crippen LogP contribution in [0.4, 0.5) is 14.9 Å². The van der Waals surface area contributed by atoms with Gasteiger partial charge in [0.15, 0.2) is 11.6 Å². The third-order valence-corrected chi connectivity index (χ3v) is 8.50. The van der Waals surface area contributed by atoms with Gasteiger partial charge in [-0.2, -0.15) is 0 Å². The summed E-state index contributed by atoms with van der Waals surface area (Å²) in [5, 5.41) is 15.4. The van der Waals surface area contributed by atoms with Crippen molar-refractivity contribution in [3.8, 4) is 22.2 Å². The van der Waals surface area contributed by atoms with Crippen LogP contribution in [0.3, 0.4) is 0 Å². The first-order valence-corrected chi connectivity index (χ1v) is 15.4. The number of rotatable bonds is 11. The van der Waals surface area contributed by atoms with Crippen molar-refractivity contribution in [3.05, 3.63) is 65.9 Å². The highest BCUT2D eigenvalue weighted by molar-refractivity contribution is 7.21. The number of aliphatic hydroxyl groups is 1. The quantitative estimate of drug-likeness (QED) is 0.182. The lowest BCUT2D eigenvalue weighted by Crippen LogP contribution is -2.53. The van der Waals surface area contributed by atoms with Gasteiger partial charge in [0.05, 0.1) is 71.7 Å². The van der Waals surface area contributed by atoms with Crippen LogP contribution in [0.25, 0.3) is 31.8 Å². The topological polar surface area (TPSA) is 167 Å². The van der Waals surface area contributed by atoms with E-state index in [2.05, 4.69) is 30.6 Å². The Morgan fingerprint density at radius 2 is 1.96 bits per heavy atom. The monoisotopic (exact) mass is 662 g/mol. The summed E-state index contributed by atoms with van der Waals surface area (Å²) < 4.78 is 37.1. The third-order valence-electron chi connectivity index (χ3n) is 7.45. The summed E-state index contributed by atoms with van der Waals surface area (Å²) in [6.45, 7) is 4.37. The van der Waals surface area contributed by atoms with Crippen molar-refractivity contribution < 1.29 is 38.0 Å². The van der Waals surface area contributed by atoms with Crippen molar-refractivity contribution in [1.82, 2.24) is 25.3 Å². The fraction of sp³-hybridized carbons (Fsp3) is 0.312. The molecule has 4 heterocycles. The number of thiazole rings is 1. The molecule has 5 aromatic rings. The second kappa shape index (κ2) is 13.4. The van der Waals surface area contributed by atoms with Crippen molar-refractivity contribution in [2.45, 2.75) is 20.0 Å². The minimum atomic E-state index is -0.774. The van der Waals surface area contributed by atoms with E-state index < -0.39 is 29.3 Å². The maximum Gasteiger partial charge on any atom is 0.412 e. The second-order valence-corrected chi connectivity index (χ2v) is 12.3. The SMILES string of the molecule is COc1cnc2c(-c3nc4cc(F)c(OC[C@@H](C)OC(=O)Nc5ccc(C(=O)NCC6(CO)COC6)nc5)cc4s3)cc(C)cc2n1. The van der Waals surface area contributed by atoms with Gasteiger partial charge in [0.25, 0.3) is 5.91 Å². The Bertz CT molecular complexity index is 1950. The van der Waals surface area contributed by atoms with E-state index in [1.807, 2.05) is 19.1 Å². The van der Waals surface area contributed by atoms with Crippen molar-refractivity contribution in [2.75, 3.05) is 45.4 Å². The fourth-order valence-electron chi connectivity index (χ4n) is 4.84. The summed E-state index contributed by atoms with van der Waals surface area (Å²) in [6, 6.07) is 9.71. The molecule has 244 valence electrons. The number of benzene rings is 2. The van der Waals surface area contributed by atoms with E-state index in [4.69, 9.17) is 18.9 Å². The Labute approximate surface area is 272 Å². The summed E-state index contributed by atoms with van der Waals surface area (Å²) in [5.41, 5.74) is 3.51. The van der Waals surface area contributed by atoms with Crippen LogP contribution in [0.2, 0.25) is 0 Å². The smallest absolute Gasteiger partial charge is 0.412 e. The molecule has 0 spiro atoms. The molecule has 0 bridgehead atoms. The van der Waals surface area contributed by atoms with Crippen LogP contribution in [0.5, 0.6) is 11.6 Å². The molecule has 2 amide bonds. The molecular weight excluding hydrogens is 631 g/mol. The highest BCUT2D eigenvalue weighted by Gasteiger charge is 2.38. The van der Waals surface area contributed by atoms with Gasteiger partial charge in [0, 0.05) is 24.2 Å². The van der Waals surface area contributed by atoms with E-state index in [-0.39, 0.29) is 31.2 Å². The van der Waals surface area contributed by atoms with Crippen LogP contribution < -0.4 is 20.1 Å². The van der Waals surface area contributed by atoms with Crippen LogP contribution in [0.1, 0.15) is 23.0 Å². The number of amides is 2. The number of ether oxygens (including phenoxy) is 4. The Hall–Kier alpha value is -4.99. The average molecular weight is 663 g/mol. The number of hydrogen-bond acceptors (Lipinski definition) is 12. The number of aryl methyl sites for hydroxylation is 1. The van der Waals surface area contributed by atoms with Crippen LogP contribution in [0.15, 0.2) is 48.8 Å². The van der Waals surface area contributed by atoms with E-state index in [0.717, 1.165) is 11.1 Å². The largest absolute Gasteiger partial charge is 0.487 e. The number of aliphatic hydroxyl groups excluding tert-OH is 1. The molecule has 0 unspecified atom stereocenters. The maximum atomic E-state index is 15.0. The Balaban J connectivity index is 1.05. The van der Waals surface area contributed by atoms with E-state index in [0.29, 0.717) is 51.0 Å². The predicted molar refractivity (Wildman–Crippen MR) is 171 cm³/mol. The number of carbonyl (C=O) groups excluding carboxylic acids is 2. The zero-order valence-electron chi connectivity index (χ0n) is 25.7. The first kappa shape index (κ1) is 32.0. The summed E-state index contributed by atoms with van der Waals surface area (Å²) in [5.74, 6) is -0.620. The van der Waals surface area contributed by atoms with Gasteiger partial charge in [0.1, 0.15) is 23.4 Å². The first-order chi connectivity index (χ1) is 22.6. The van der Waals surface area contributed by atoms with Crippen molar-refractivity contribution in [1.29, 1.82) is 0 Å². The number of methoxy groups -OCH3 is 1. The number of aromatic nitrogens is 4. The number of nitrogens with one attached hydrogen (secondary N) is 2. The van der Waals surface area contributed by atoms with Crippen molar-refractivity contribution in [2.24, 2.45) is 5.41 Å². The standard InChI is InChI=1S/C32H31FN6O7S/c1-17-6-20(28-24(7-17)38-27(43-3)11-35-28)30-39-23-8-21(33)25(9-26(23)47-30)45-12-18(2)46-31(42)37-19-4-5-22(34-10-19)29(41)36-13-32(14-40)15-44-16-32/h4-11,18,40H,12-16H2,1-3H3,(H,36,41)(H,37,42)/t18-/m1/s1. The van der Waals surface area contributed by atoms with E-state index in [1.165, 1.54) is 42.8 Å². The molecule has 0 saturated carbocycles. The summed E-state index contributed by atoms with van der Waals surface area (Å²) >= 11 is 1.37. The fourth-order valence-corrected chi connectivity index (χ4v) is 5.83. The lowest BCUT2D eigenvalue weighted by Gasteiger charge is -2.39. The summed E-state index contributed by atoms with van der Waals surface area (Å²) in [6.07, 6.45) is 1.36. The molecule has 0 radical (unpaired) electrons. The van der Waals surface area contributed by atoms with E-state index >= 15 is 0 Å². The van der Waals surface area contributed by atoms with Gasteiger partial charge in [-0.05, 0) is 43.7 Å². The molecule has 6 rings (SSSR count). The number of anilines is 1. The lowest BCUT2D eigenvalue weighted by molar-refractivity contribution is -0.133. The van der Waals surface area contributed by atoms with E-state index in [1.54, 1.807) is 19.2 Å². The van der Waals surface area contributed by atoms with Crippen LogP contribution in [-0.2, 0) is 9.47 Å². The first-order valence-electron chi connectivity index (χ1n) is 14.6. The molecule has 1 fully saturated rings. The summed E-state index contributed by atoms with van der Waals surface area (Å²) in [7, 11) is 1.53. The van der Waals surface area contributed by atoms with E-state index in [9.17, 15) is 19.1 Å².